The maximum Gasteiger partial charge on any atom is 0.145 e. The van der Waals surface area contributed by atoms with Gasteiger partial charge in [0.1, 0.15) is 23.9 Å². The first-order valence-electron chi connectivity index (χ1n) is 6.82. The third kappa shape index (κ3) is 5.54. The van der Waals surface area contributed by atoms with Crippen molar-refractivity contribution in [1.82, 2.24) is 0 Å². The number of aliphatic imine (C=N–C) groups is 1. The second-order valence-electron chi connectivity index (χ2n) is 4.86. The van der Waals surface area contributed by atoms with E-state index in [0.717, 1.165) is 0 Å². The molecule has 2 aromatic carbocycles. The van der Waals surface area contributed by atoms with Crippen LogP contribution in [0.1, 0.15) is 5.56 Å². The summed E-state index contributed by atoms with van der Waals surface area (Å²) in [5, 5.41) is 10.6. The Morgan fingerprint density at radius 1 is 1.16 bits per heavy atom. The van der Waals surface area contributed by atoms with Crippen LogP contribution in [0.5, 0.6) is 11.5 Å². The van der Waals surface area contributed by atoms with Gasteiger partial charge in [0.25, 0.3) is 0 Å². The molecule has 132 valence electrons. The lowest BCUT2D eigenvalue weighted by Crippen LogP contribution is -2.20. The fourth-order valence-electron chi connectivity index (χ4n) is 1.74. The van der Waals surface area contributed by atoms with Crippen molar-refractivity contribution in [3.05, 3.63) is 61.1 Å². The fraction of sp³-hybridized carbons (Fsp3) is 0.0625. The molecule has 0 unspecified atom stereocenters. The Labute approximate surface area is 171 Å². The van der Waals surface area contributed by atoms with E-state index in [-0.39, 0.29) is 18.2 Å². The Kier molecular flexibility index (Phi) is 7.01. The molecular formula is C16H13Br2Cl2N3O2. The standard InChI is InChI=1S/C16H13Br2Cl2N3O2/c17-10-3-8(4-11(18)16(10)24)13(21)6-23-15(22)7-25-14-5-9(19)1-2-12(14)20/h1-6,24H,7,21H2,(H2,22,23)/b13-6-. The number of phenolic OH excluding ortho intramolecular Hbond substituents is 1. The molecule has 25 heavy (non-hydrogen) atoms. The van der Waals surface area contributed by atoms with Crippen molar-refractivity contribution in [3.8, 4) is 11.5 Å². The zero-order chi connectivity index (χ0) is 18.6. The Balaban J connectivity index is 2.09. The summed E-state index contributed by atoms with van der Waals surface area (Å²) in [6.45, 7) is 0.0206. The number of amidine groups is 1. The van der Waals surface area contributed by atoms with Gasteiger partial charge in [0.2, 0.25) is 0 Å². The maximum absolute atomic E-state index is 9.71. The average Bonchev–Trinajstić information content (AvgIpc) is 2.57. The molecule has 0 spiro atoms. The van der Waals surface area contributed by atoms with Crippen LogP contribution in [-0.4, -0.2) is 17.5 Å². The summed E-state index contributed by atoms with van der Waals surface area (Å²) >= 11 is 18.4. The Morgan fingerprint density at radius 3 is 2.44 bits per heavy atom. The van der Waals surface area contributed by atoms with Crippen molar-refractivity contribution in [2.24, 2.45) is 16.5 Å². The lowest BCUT2D eigenvalue weighted by molar-refractivity contribution is 0.375. The quantitative estimate of drug-likeness (QED) is 0.394. The summed E-state index contributed by atoms with van der Waals surface area (Å²) in [4.78, 5) is 4.06. The van der Waals surface area contributed by atoms with Crippen LogP contribution in [0.2, 0.25) is 10.0 Å². The second kappa shape index (κ2) is 8.80. The maximum atomic E-state index is 9.71. The molecule has 0 fully saturated rings. The van der Waals surface area contributed by atoms with E-state index in [9.17, 15) is 5.11 Å². The van der Waals surface area contributed by atoms with E-state index >= 15 is 0 Å². The molecule has 0 radical (unpaired) electrons. The Morgan fingerprint density at radius 2 is 1.80 bits per heavy atom. The molecule has 0 amide bonds. The van der Waals surface area contributed by atoms with Gasteiger partial charge < -0.3 is 21.3 Å². The molecule has 0 bridgehead atoms. The number of hydrogen-bond acceptors (Lipinski definition) is 4. The Bertz CT molecular complexity index is 834. The molecule has 0 atom stereocenters. The van der Waals surface area contributed by atoms with Crippen molar-refractivity contribution in [2.45, 2.75) is 0 Å². The molecule has 0 aromatic heterocycles. The van der Waals surface area contributed by atoms with Gasteiger partial charge in [-0.1, -0.05) is 23.2 Å². The molecule has 0 saturated carbocycles. The largest absolute Gasteiger partial charge is 0.506 e. The van der Waals surface area contributed by atoms with E-state index in [1.54, 1.807) is 30.3 Å². The zero-order valence-corrected chi connectivity index (χ0v) is 17.3. The molecule has 5 nitrogen and oxygen atoms in total. The van der Waals surface area contributed by atoms with Crippen molar-refractivity contribution in [3.63, 3.8) is 0 Å². The summed E-state index contributed by atoms with van der Waals surface area (Å²) in [6.07, 6.45) is 1.41. The van der Waals surface area contributed by atoms with Crippen molar-refractivity contribution in [1.29, 1.82) is 0 Å². The van der Waals surface area contributed by atoms with Crippen LogP contribution in [0.4, 0.5) is 0 Å². The molecule has 0 aliphatic heterocycles. The van der Waals surface area contributed by atoms with Gasteiger partial charge in [-0.15, -0.1) is 0 Å². The van der Waals surface area contributed by atoms with Crippen LogP contribution in [0.3, 0.4) is 0 Å². The van der Waals surface area contributed by atoms with Crippen LogP contribution in [-0.2, 0) is 0 Å². The summed E-state index contributed by atoms with van der Waals surface area (Å²) in [6, 6.07) is 8.21. The number of hydrogen-bond donors (Lipinski definition) is 3. The Hall–Kier alpha value is -1.41. The van der Waals surface area contributed by atoms with Crippen molar-refractivity contribution < 1.29 is 9.84 Å². The predicted octanol–water partition coefficient (Wildman–Crippen LogP) is 4.92. The summed E-state index contributed by atoms with van der Waals surface area (Å²) in [7, 11) is 0. The van der Waals surface area contributed by atoms with Crippen LogP contribution in [0, 0.1) is 0 Å². The number of benzene rings is 2. The van der Waals surface area contributed by atoms with Gasteiger partial charge in [-0.3, -0.25) is 0 Å². The first kappa shape index (κ1) is 19.9. The van der Waals surface area contributed by atoms with Gasteiger partial charge in [0.05, 0.1) is 25.9 Å². The highest BCUT2D eigenvalue weighted by Gasteiger charge is 2.08. The average molecular weight is 510 g/mol. The van der Waals surface area contributed by atoms with E-state index < -0.39 is 0 Å². The lowest BCUT2D eigenvalue weighted by atomic mass is 10.2. The SMILES string of the molecule is N/C(=C\N=C(/N)COc1cc(Cl)ccc1Cl)c1cc(Br)c(O)c(Br)c1. The predicted molar refractivity (Wildman–Crippen MR) is 109 cm³/mol. The first-order valence-corrected chi connectivity index (χ1v) is 9.16. The molecule has 0 aliphatic carbocycles. The molecule has 2 rings (SSSR count). The smallest absolute Gasteiger partial charge is 0.145 e. The summed E-state index contributed by atoms with van der Waals surface area (Å²) in [5.41, 5.74) is 12.8. The van der Waals surface area contributed by atoms with Gasteiger partial charge in [0.15, 0.2) is 0 Å². The lowest BCUT2D eigenvalue weighted by Gasteiger charge is -2.08. The molecule has 2 aromatic rings. The third-order valence-electron chi connectivity index (χ3n) is 2.99. The monoisotopic (exact) mass is 507 g/mol. The molecule has 0 aliphatic rings. The van der Waals surface area contributed by atoms with Gasteiger partial charge in [-0.2, -0.15) is 0 Å². The number of phenols is 1. The van der Waals surface area contributed by atoms with E-state index in [1.807, 2.05) is 0 Å². The van der Waals surface area contributed by atoms with Crippen LogP contribution in [0.15, 0.2) is 50.5 Å². The molecular weight excluding hydrogens is 497 g/mol. The van der Waals surface area contributed by atoms with Crippen LogP contribution < -0.4 is 16.2 Å². The van der Waals surface area contributed by atoms with Crippen LogP contribution in [0.25, 0.3) is 5.70 Å². The van der Waals surface area contributed by atoms with Crippen molar-refractivity contribution >= 4 is 66.6 Å². The van der Waals surface area contributed by atoms with Gasteiger partial charge in [-0.05, 0) is 56.1 Å². The topological polar surface area (TPSA) is 93.9 Å². The summed E-state index contributed by atoms with van der Waals surface area (Å²) < 4.78 is 6.49. The van der Waals surface area contributed by atoms with E-state index in [4.69, 9.17) is 39.4 Å². The van der Waals surface area contributed by atoms with Gasteiger partial charge >= 0.3 is 0 Å². The minimum atomic E-state index is 0.0206. The fourth-order valence-corrected chi connectivity index (χ4v) is 3.26. The molecule has 9 heteroatoms. The number of nitrogens with two attached hydrogens (primary N) is 2. The highest BCUT2D eigenvalue weighted by Crippen LogP contribution is 2.34. The minimum Gasteiger partial charge on any atom is -0.506 e. The summed E-state index contributed by atoms with van der Waals surface area (Å²) in [5.74, 6) is 0.706. The normalized spacial score (nSPS) is 12.3. The highest BCUT2D eigenvalue weighted by molar-refractivity contribution is 9.11. The van der Waals surface area contributed by atoms with E-state index in [0.29, 0.717) is 36.0 Å². The number of ether oxygens (including phenoxy) is 1. The highest BCUT2D eigenvalue weighted by atomic mass is 79.9. The first-order chi connectivity index (χ1) is 11.8. The number of nitrogens with zero attached hydrogens (tertiary/aromatic N) is 1. The third-order valence-corrected chi connectivity index (χ3v) is 4.74. The van der Waals surface area contributed by atoms with E-state index in [2.05, 4.69) is 36.9 Å². The molecule has 0 saturated heterocycles. The number of halogens is 4. The second-order valence-corrected chi connectivity index (χ2v) is 7.41. The molecule has 0 heterocycles. The minimum absolute atomic E-state index is 0.0206. The number of aromatic hydroxyl groups is 1. The van der Waals surface area contributed by atoms with Gasteiger partial charge in [0, 0.05) is 16.7 Å². The van der Waals surface area contributed by atoms with Crippen LogP contribution >= 0.6 is 55.1 Å². The molecule has 5 N–H and O–H groups in total. The number of rotatable bonds is 5. The zero-order valence-electron chi connectivity index (χ0n) is 12.6. The van der Waals surface area contributed by atoms with E-state index in [1.165, 1.54) is 6.20 Å². The van der Waals surface area contributed by atoms with Crippen molar-refractivity contribution in [2.75, 3.05) is 6.61 Å². The van der Waals surface area contributed by atoms with Gasteiger partial charge in [-0.25, -0.2) is 4.99 Å².